The molecule has 1 aromatic carbocycles. The molecule has 48 heavy (non-hydrogen) atoms. The lowest BCUT2D eigenvalue weighted by Gasteiger charge is -2.44. The molecule has 1 unspecified atom stereocenters. The second-order valence-corrected chi connectivity index (χ2v) is 10.5. The number of esters is 4. The molecule has 1 aliphatic heterocycles. The van der Waals surface area contributed by atoms with Crippen LogP contribution >= 0.6 is 0 Å². The van der Waals surface area contributed by atoms with Gasteiger partial charge in [0.05, 0.1) is 33.0 Å². The number of hydrogen-bond donors (Lipinski definition) is 0. The Morgan fingerprint density at radius 2 is 1.38 bits per heavy atom. The summed E-state index contributed by atoms with van der Waals surface area (Å²) in [5.74, 6) is -2.76. The van der Waals surface area contributed by atoms with Gasteiger partial charge in [-0.25, -0.2) is 0 Å². The van der Waals surface area contributed by atoms with Crippen molar-refractivity contribution in [3.8, 4) is 5.75 Å². The number of rotatable bonds is 21. The van der Waals surface area contributed by atoms with Crippen LogP contribution in [0.25, 0.3) is 10.4 Å². The van der Waals surface area contributed by atoms with E-state index in [1.807, 2.05) is 0 Å². The summed E-state index contributed by atoms with van der Waals surface area (Å²) < 4.78 is 49.5. The van der Waals surface area contributed by atoms with Crippen LogP contribution in [-0.2, 0) is 57.1 Å². The zero-order chi connectivity index (χ0) is 35.5. The highest BCUT2D eigenvalue weighted by Gasteiger charge is 2.53. The Morgan fingerprint density at radius 3 is 1.96 bits per heavy atom. The second-order valence-electron chi connectivity index (χ2n) is 10.5. The van der Waals surface area contributed by atoms with Crippen molar-refractivity contribution in [1.29, 1.82) is 0 Å². The maximum atomic E-state index is 12.8. The molecule has 1 aliphatic rings. The van der Waals surface area contributed by atoms with E-state index in [4.69, 9.17) is 48.2 Å². The number of Topliss-reactive ketones (excluding diaryl/α,β-unsaturated/α-hetero) is 1. The molecule has 0 amide bonds. The van der Waals surface area contributed by atoms with Crippen molar-refractivity contribution in [2.75, 3.05) is 52.8 Å². The number of carbonyl (C=O) groups is 5. The summed E-state index contributed by atoms with van der Waals surface area (Å²) in [6, 6.07) is 4.75. The normalized spacial score (nSPS) is 20.1. The Kier molecular flexibility index (Phi) is 17.9. The molecule has 1 heterocycles. The van der Waals surface area contributed by atoms with Crippen molar-refractivity contribution in [1.82, 2.24) is 0 Å². The first kappa shape index (κ1) is 39.9. The number of azide groups is 1. The van der Waals surface area contributed by atoms with Gasteiger partial charge in [0.25, 0.3) is 0 Å². The number of carbonyl (C=O) groups excluding carboxylic acids is 5. The van der Waals surface area contributed by atoms with Gasteiger partial charge in [0.1, 0.15) is 18.5 Å². The Balaban J connectivity index is 2.01. The van der Waals surface area contributed by atoms with E-state index >= 15 is 0 Å². The van der Waals surface area contributed by atoms with Gasteiger partial charge in [0.15, 0.2) is 18.0 Å². The lowest BCUT2D eigenvalue weighted by Crippen LogP contribution is -2.63. The van der Waals surface area contributed by atoms with Gasteiger partial charge in [-0.2, -0.15) is 0 Å². The van der Waals surface area contributed by atoms with Crippen molar-refractivity contribution in [2.45, 2.75) is 78.2 Å². The molecule has 0 N–H and O–H groups in total. The minimum Gasteiger partial charge on any atom is -0.463 e. The first-order valence-corrected chi connectivity index (χ1v) is 15.3. The number of benzene rings is 1. The van der Waals surface area contributed by atoms with E-state index < -0.39 is 61.2 Å². The number of hydrogen-bond acceptors (Lipinski definition) is 15. The average Bonchev–Trinajstić information content (AvgIpc) is 3.01. The number of nitrogens with zero attached hydrogens (tertiary/aromatic N) is 3. The molecule has 1 saturated heterocycles. The summed E-state index contributed by atoms with van der Waals surface area (Å²) in [6.07, 6.45) is -5.91. The summed E-state index contributed by atoms with van der Waals surface area (Å²) in [5, 5.41) is 3.36. The zero-order valence-corrected chi connectivity index (χ0v) is 27.7. The van der Waals surface area contributed by atoms with E-state index in [9.17, 15) is 24.0 Å². The molecular formula is C31H43N3O14. The molecular weight excluding hydrogens is 638 g/mol. The molecule has 0 aromatic heterocycles. The third-order valence-corrected chi connectivity index (χ3v) is 6.52. The van der Waals surface area contributed by atoms with E-state index in [1.54, 1.807) is 25.1 Å². The number of ketones is 1. The van der Waals surface area contributed by atoms with Gasteiger partial charge >= 0.3 is 23.9 Å². The molecule has 1 aromatic rings. The molecule has 0 aliphatic carbocycles. The van der Waals surface area contributed by atoms with E-state index in [0.29, 0.717) is 57.2 Å². The van der Waals surface area contributed by atoms with Gasteiger partial charge in [-0.05, 0) is 42.6 Å². The van der Waals surface area contributed by atoms with Crippen LogP contribution in [-0.4, -0.2) is 113 Å². The van der Waals surface area contributed by atoms with Gasteiger partial charge in [0.2, 0.25) is 12.4 Å². The quantitative estimate of drug-likeness (QED) is 0.0347. The monoisotopic (exact) mass is 681 g/mol. The second kappa shape index (κ2) is 21.6. The summed E-state index contributed by atoms with van der Waals surface area (Å²) in [4.78, 5) is 63.1. The standard InChI is InChI=1S/C31H43N3O14/c1-19-17-24(25(39)7-6-11-40-13-15-42-16-14-41-12-10-33-34-32)8-9-26(19)47-31-30(46-23(5)38)29(45-22(4)37)28(44-21(3)36)27(48-31)18-43-20(2)35/h8-9,17,27-31H,6-7,10-16,18H2,1-5H3/t27-,28+,29+,30+,31?/m1/s1. The number of ether oxygens (including phenoxy) is 9. The van der Waals surface area contributed by atoms with Crippen LogP contribution < -0.4 is 4.74 Å². The third kappa shape index (κ3) is 14.6. The van der Waals surface area contributed by atoms with Crippen LogP contribution in [0.5, 0.6) is 5.75 Å². The highest BCUT2D eigenvalue weighted by molar-refractivity contribution is 5.96. The summed E-state index contributed by atoms with van der Waals surface area (Å²) in [7, 11) is 0. The molecule has 17 nitrogen and oxygen atoms in total. The molecule has 0 saturated carbocycles. The molecule has 1 fully saturated rings. The van der Waals surface area contributed by atoms with E-state index in [1.165, 1.54) is 6.92 Å². The molecule has 0 bridgehead atoms. The van der Waals surface area contributed by atoms with Gasteiger partial charge < -0.3 is 42.6 Å². The smallest absolute Gasteiger partial charge is 0.303 e. The Morgan fingerprint density at radius 1 is 0.792 bits per heavy atom. The van der Waals surface area contributed by atoms with Crippen molar-refractivity contribution in [3.63, 3.8) is 0 Å². The minimum absolute atomic E-state index is 0.116. The minimum atomic E-state index is -1.40. The summed E-state index contributed by atoms with van der Waals surface area (Å²) >= 11 is 0. The van der Waals surface area contributed by atoms with Crippen molar-refractivity contribution >= 4 is 29.7 Å². The largest absolute Gasteiger partial charge is 0.463 e. The zero-order valence-electron chi connectivity index (χ0n) is 27.7. The maximum absolute atomic E-state index is 12.8. The summed E-state index contributed by atoms with van der Waals surface area (Å²) in [6.45, 7) is 8.32. The van der Waals surface area contributed by atoms with E-state index in [2.05, 4.69) is 10.0 Å². The predicted molar refractivity (Wildman–Crippen MR) is 164 cm³/mol. The van der Waals surface area contributed by atoms with E-state index in [0.717, 1.165) is 20.8 Å². The summed E-state index contributed by atoms with van der Waals surface area (Å²) in [5.41, 5.74) is 9.17. The van der Waals surface area contributed by atoms with Crippen LogP contribution in [0.1, 0.15) is 56.5 Å². The van der Waals surface area contributed by atoms with Gasteiger partial charge in [-0.1, -0.05) is 5.11 Å². The lowest BCUT2D eigenvalue weighted by molar-refractivity contribution is -0.288. The topological polar surface area (TPSA) is 217 Å². The van der Waals surface area contributed by atoms with Gasteiger partial charge in [0, 0.05) is 57.7 Å². The fourth-order valence-electron chi connectivity index (χ4n) is 4.53. The molecule has 17 heteroatoms. The molecule has 0 spiro atoms. The first-order chi connectivity index (χ1) is 22.9. The lowest BCUT2D eigenvalue weighted by atomic mass is 9.98. The SMILES string of the molecule is CC(=O)OC[C@H]1OC(Oc2ccc(C(=O)CCCOCCOCCOCCN=[N+]=[N-])cc2C)[C@@H](OC(C)=O)[C@@H](OC(C)=O)[C@H]1OC(C)=O. The van der Waals surface area contributed by atoms with Gasteiger partial charge in [-0.3, -0.25) is 24.0 Å². The molecule has 266 valence electrons. The van der Waals surface area contributed by atoms with Crippen molar-refractivity contribution in [3.05, 3.63) is 39.8 Å². The van der Waals surface area contributed by atoms with E-state index in [-0.39, 0.29) is 24.5 Å². The molecule has 0 radical (unpaired) electrons. The highest BCUT2D eigenvalue weighted by Crippen LogP contribution is 2.32. The fourth-order valence-corrected chi connectivity index (χ4v) is 4.53. The maximum Gasteiger partial charge on any atom is 0.303 e. The fraction of sp³-hybridized carbons (Fsp3) is 0.645. The molecule has 2 rings (SSSR count). The highest BCUT2D eigenvalue weighted by atomic mass is 16.7. The third-order valence-electron chi connectivity index (χ3n) is 6.52. The van der Waals surface area contributed by atoms with Crippen LogP contribution in [0.2, 0.25) is 0 Å². The Labute approximate surface area is 278 Å². The van der Waals surface area contributed by atoms with Crippen LogP contribution in [0.4, 0.5) is 0 Å². The Bertz CT molecular complexity index is 1280. The average molecular weight is 682 g/mol. The molecule has 5 atom stereocenters. The number of aryl methyl sites for hydroxylation is 1. The van der Waals surface area contributed by atoms with Crippen LogP contribution in [0.3, 0.4) is 0 Å². The van der Waals surface area contributed by atoms with Crippen molar-refractivity contribution in [2.24, 2.45) is 5.11 Å². The van der Waals surface area contributed by atoms with Crippen LogP contribution in [0.15, 0.2) is 23.3 Å². The van der Waals surface area contributed by atoms with Crippen molar-refractivity contribution < 1.29 is 66.6 Å². The first-order valence-electron chi connectivity index (χ1n) is 15.3. The predicted octanol–water partition coefficient (Wildman–Crippen LogP) is 2.78. The van der Waals surface area contributed by atoms with Gasteiger partial charge in [-0.15, -0.1) is 0 Å². The Hall–Kier alpha value is -4.28. The van der Waals surface area contributed by atoms with Crippen LogP contribution in [0, 0.1) is 6.92 Å².